The van der Waals surface area contributed by atoms with Gasteiger partial charge in [0.05, 0.1) is 6.42 Å². The minimum Gasteiger partial charge on any atom is -0.481 e. The molecule has 0 amide bonds. The molecule has 0 heterocycles. The largest absolute Gasteiger partial charge is 0.481 e. The molecule has 4 aliphatic rings. The monoisotopic (exact) mass is 222 g/mol. The molecule has 4 fully saturated rings. The van der Waals surface area contributed by atoms with Crippen LogP contribution in [0.1, 0.15) is 58.8 Å². The third-order valence-corrected chi connectivity index (χ3v) is 5.27. The van der Waals surface area contributed by atoms with Crippen molar-refractivity contribution in [3.05, 3.63) is 0 Å². The Morgan fingerprint density at radius 1 is 1.12 bits per heavy atom. The number of carbonyl (C=O) groups is 1. The van der Waals surface area contributed by atoms with Crippen LogP contribution in [-0.2, 0) is 4.79 Å². The van der Waals surface area contributed by atoms with Crippen molar-refractivity contribution in [2.45, 2.75) is 58.8 Å². The lowest BCUT2D eigenvalue weighted by molar-refractivity contribution is -0.164. The van der Waals surface area contributed by atoms with E-state index in [9.17, 15) is 4.79 Å². The lowest BCUT2D eigenvalue weighted by Crippen LogP contribution is -2.55. The molecule has 90 valence electrons. The summed E-state index contributed by atoms with van der Waals surface area (Å²) in [6.45, 7) is 4.79. The zero-order valence-electron chi connectivity index (χ0n) is 10.4. The summed E-state index contributed by atoms with van der Waals surface area (Å²) in [5.41, 5.74) is 1.04. The Kier molecular flexibility index (Phi) is 1.88. The molecule has 2 nitrogen and oxygen atoms in total. The van der Waals surface area contributed by atoms with E-state index in [1.807, 2.05) is 0 Å². The molecule has 4 bridgehead atoms. The summed E-state index contributed by atoms with van der Waals surface area (Å²) in [5.74, 6) is 0.222. The van der Waals surface area contributed by atoms with Crippen molar-refractivity contribution in [2.24, 2.45) is 22.2 Å². The smallest absolute Gasteiger partial charge is 0.303 e. The summed E-state index contributed by atoms with van der Waals surface area (Å²) in [6.07, 6.45) is 7.96. The normalized spacial score (nSPS) is 54.2. The summed E-state index contributed by atoms with van der Waals surface area (Å²) in [4.78, 5) is 11.1. The molecule has 2 heteroatoms. The highest BCUT2D eigenvalue weighted by Crippen LogP contribution is 2.70. The number of rotatable bonds is 2. The first kappa shape index (κ1) is 10.6. The fourth-order valence-electron chi connectivity index (χ4n) is 6.20. The van der Waals surface area contributed by atoms with E-state index in [4.69, 9.17) is 5.11 Å². The molecule has 0 radical (unpaired) electrons. The summed E-state index contributed by atoms with van der Waals surface area (Å²) in [6, 6.07) is 0. The highest BCUT2D eigenvalue weighted by molar-refractivity contribution is 5.67. The predicted octanol–water partition coefficient (Wildman–Crippen LogP) is 3.46. The van der Waals surface area contributed by atoms with Gasteiger partial charge in [-0.3, -0.25) is 4.79 Å². The second-order valence-corrected chi connectivity index (χ2v) is 7.70. The Morgan fingerprint density at radius 2 is 1.69 bits per heavy atom. The number of hydrogen-bond acceptors (Lipinski definition) is 1. The summed E-state index contributed by atoms with van der Waals surface area (Å²) < 4.78 is 0. The van der Waals surface area contributed by atoms with Gasteiger partial charge in [0.1, 0.15) is 0 Å². The van der Waals surface area contributed by atoms with Gasteiger partial charge < -0.3 is 5.11 Å². The highest BCUT2D eigenvalue weighted by Gasteiger charge is 2.60. The molecule has 0 aromatic heterocycles. The van der Waals surface area contributed by atoms with Gasteiger partial charge in [-0.2, -0.15) is 0 Å². The SMILES string of the molecule is C[C@]12CC3CC(CC(=O)O)(C1)C[C@](C)(C3)C2. The quantitative estimate of drug-likeness (QED) is 0.777. The van der Waals surface area contributed by atoms with Gasteiger partial charge in [0.25, 0.3) is 0 Å². The first-order valence-electron chi connectivity index (χ1n) is 6.54. The van der Waals surface area contributed by atoms with E-state index in [1.54, 1.807) is 0 Å². The molecular formula is C14H22O2. The molecule has 1 N–H and O–H groups in total. The fourth-order valence-corrected chi connectivity index (χ4v) is 6.20. The molecule has 0 unspecified atom stereocenters. The van der Waals surface area contributed by atoms with Crippen LogP contribution >= 0.6 is 0 Å². The molecule has 4 aliphatic carbocycles. The van der Waals surface area contributed by atoms with Gasteiger partial charge in [-0.25, -0.2) is 0 Å². The summed E-state index contributed by atoms with van der Waals surface area (Å²) in [7, 11) is 0. The number of hydrogen-bond donors (Lipinski definition) is 1. The number of carboxylic acids is 1. The van der Waals surface area contributed by atoms with Crippen LogP contribution in [-0.4, -0.2) is 11.1 Å². The molecule has 16 heavy (non-hydrogen) atoms. The molecule has 0 spiro atoms. The molecule has 0 saturated heterocycles. The molecule has 0 aromatic carbocycles. The van der Waals surface area contributed by atoms with Crippen LogP contribution < -0.4 is 0 Å². The van der Waals surface area contributed by atoms with Crippen molar-refractivity contribution in [1.82, 2.24) is 0 Å². The van der Waals surface area contributed by atoms with Gasteiger partial charge in [-0.1, -0.05) is 13.8 Å². The highest BCUT2D eigenvalue weighted by atomic mass is 16.4. The van der Waals surface area contributed by atoms with E-state index < -0.39 is 5.97 Å². The van der Waals surface area contributed by atoms with E-state index >= 15 is 0 Å². The molecule has 2 atom stereocenters. The second-order valence-electron chi connectivity index (χ2n) is 7.70. The maximum absolute atomic E-state index is 11.1. The van der Waals surface area contributed by atoms with Crippen molar-refractivity contribution in [3.63, 3.8) is 0 Å². The number of aliphatic carboxylic acids is 1. The average Bonchev–Trinajstić information content (AvgIpc) is 1.91. The van der Waals surface area contributed by atoms with Gasteiger partial charge in [-0.05, 0) is 60.7 Å². The van der Waals surface area contributed by atoms with Crippen molar-refractivity contribution >= 4 is 5.97 Å². The maximum atomic E-state index is 11.1. The average molecular weight is 222 g/mol. The Morgan fingerprint density at radius 3 is 2.12 bits per heavy atom. The first-order chi connectivity index (χ1) is 7.32. The molecule has 0 aromatic rings. The summed E-state index contributed by atoms with van der Waals surface area (Å²) >= 11 is 0. The van der Waals surface area contributed by atoms with Crippen molar-refractivity contribution in [3.8, 4) is 0 Å². The van der Waals surface area contributed by atoms with Crippen LogP contribution in [0.3, 0.4) is 0 Å². The minimum absolute atomic E-state index is 0.148. The second kappa shape index (κ2) is 2.83. The van der Waals surface area contributed by atoms with Crippen LogP contribution in [0, 0.1) is 22.2 Å². The third-order valence-electron chi connectivity index (χ3n) is 5.27. The third kappa shape index (κ3) is 1.49. The zero-order valence-corrected chi connectivity index (χ0v) is 10.4. The van der Waals surface area contributed by atoms with Crippen LogP contribution in [0.4, 0.5) is 0 Å². The number of carboxylic acid groups (broad SMARTS) is 1. The van der Waals surface area contributed by atoms with Crippen LogP contribution in [0.5, 0.6) is 0 Å². The fraction of sp³-hybridized carbons (Fsp3) is 0.929. The van der Waals surface area contributed by atoms with Crippen molar-refractivity contribution < 1.29 is 9.90 Å². The summed E-state index contributed by atoms with van der Waals surface area (Å²) in [5, 5.41) is 9.14. The lowest BCUT2D eigenvalue weighted by Gasteiger charge is -2.65. The maximum Gasteiger partial charge on any atom is 0.303 e. The van der Waals surface area contributed by atoms with Gasteiger partial charge in [-0.15, -0.1) is 0 Å². The van der Waals surface area contributed by atoms with E-state index in [2.05, 4.69) is 13.8 Å². The van der Waals surface area contributed by atoms with Gasteiger partial charge in [0.2, 0.25) is 0 Å². The van der Waals surface area contributed by atoms with Gasteiger partial charge in [0.15, 0.2) is 0 Å². The molecule has 4 saturated carbocycles. The van der Waals surface area contributed by atoms with Crippen LogP contribution in [0.25, 0.3) is 0 Å². The van der Waals surface area contributed by atoms with Crippen molar-refractivity contribution in [2.75, 3.05) is 0 Å². The molecule has 0 aliphatic heterocycles. The Labute approximate surface area is 97.4 Å². The lowest BCUT2D eigenvalue weighted by atomic mass is 9.40. The van der Waals surface area contributed by atoms with E-state index in [0.29, 0.717) is 17.3 Å². The van der Waals surface area contributed by atoms with E-state index in [0.717, 1.165) is 5.92 Å². The van der Waals surface area contributed by atoms with E-state index in [1.165, 1.54) is 38.5 Å². The van der Waals surface area contributed by atoms with Crippen LogP contribution in [0.15, 0.2) is 0 Å². The Bertz CT molecular complexity index is 329. The topological polar surface area (TPSA) is 37.3 Å². The minimum atomic E-state index is -0.589. The van der Waals surface area contributed by atoms with Crippen molar-refractivity contribution in [1.29, 1.82) is 0 Å². The van der Waals surface area contributed by atoms with E-state index in [-0.39, 0.29) is 5.41 Å². The Balaban J connectivity index is 1.95. The molecular weight excluding hydrogens is 200 g/mol. The van der Waals surface area contributed by atoms with Crippen LogP contribution in [0.2, 0.25) is 0 Å². The van der Waals surface area contributed by atoms with Gasteiger partial charge in [0, 0.05) is 0 Å². The Hall–Kier alpha value is -0.530. The molecule has 4 rings (SSSR count). The zero-order chi connectivity index (χ0) is 11.6. The first-order valence-corrected chi connectivity index (χ1v) is 6.54. The predicted molar refractivity (Wildman–Crippen MR) is 62.1 cm³/mol. The van der Waals surface area contributed by atoms with Gasteiger partial charge >= 0.3 is 5.97 Å². The standard InChI is InChI=1S/C14H22O2/c1-12-3-10-4-13(2,7-12)9-14(5-10,8-12)6-11(15)16/h10H,3-9H2,1-2H3,(H,15,16)/t10?,12-,13-,14?/m1/s1.